The van der Waals surface area contributed by atoms with Crippen LogP contribution in [0.2, 0.25) is 0 Å². The summed E-state index contributed by atoms with van der Waals surface area (Å²) >= 11 is 0. The number of hydrogen-bond donors (Lipinski definition) is 1. The molecule has 0 aliphatic carbocycles. The molecule has 0 fully saturated rings. The lowest BCUT2D eigenvalue weighted by molar-refractivity contribution is -0.107. The molecule has 2 aromatic rings. The molecule has 0 spiro atoms. The highest BCUT2D eigenvalue weighted by atomic mass is 16.3. The maximum Gasteiger partial charge on any atom is 0.267 e. The van der Waals surface area contributed by atoms with Gasteiger partial charge in [0.1, 0.15) is 17.1 Å². The fourth-order valence-electron chi connectivity index (χ4n) is 1.39. The third kappa shape index (κ3) is 1.50. The highest BCUT2D eigenvalue weighted by Crippen LogP contribution is 2.25. The molecular weight excluding hydrogens is 210 g/mol. The van der Waals surface area contributed by atoms with Gasteiger partial charge in [0.25, 0.3) is 5.91 Å². The predicted octanol–water partition coefficient (Wildman–Crippen LogP) is 0.519. The van der Waals surface area contributed by atoms with Crippen molar-refractivity contribution >= 4 is 29.1 Å². The Morgan fingerprint density at radius 1 is 1.62 bits per heavy atom. The first-order chi connectivity index (χ1) is 7.63. The molecule has 0 unspecified atom stereocenters. The molecule has 6 heteroatoms. The molecule has 0 aromatic carbocycles. The first kappa shape index (κ1) is 10.2. The molecule has 0 aliphatic heterocycles. The standard InChI is InChI=1S/C10H9N3O3/c1-13(5-14)10-6-2-3-16-8(6)4-7(12-10)9(11)15/h2-5H,1H3,(H2,11,15). The molecule has 2 amide bonds. The lowest BCUT2D eigenvalue weighted by atomic mass is 10.2. The van der Waals surface area contributed by atoms with Crippen LogP contribution in [0.3, 0.4) is 0 Å². The van der Waals surface area contributed by atoms with Crippen LogP contribution in [0.1, 0.15) is 10.5 Å². The van der Waals surface area contributed by atoms with Gasteiger partial charge in [-0.25, -0.2) is 4.98 Å². The zero-order chi connectivity index (χ0) is 11.7. The topological polar surface area (TPSA) is 89.4 Å². The van der Waals surface area contributed by atoms with E-state index in [1.54, 1.807) is 6.07 Å². The van der Waals surface area contributed by atoms with Crippen molar-refractivity contribution in [1.82, 2.24) is 4.98 Å². The largest absolute Gasteiger partial charge is 0.464 e. The van der Waals surface area contributed by atoms with Gasteiger partial charge in [-0.1, -0.05) is 0 Å². The molecule has 2 aromatic heterocycles. The van der Waals surface area contributed by atoms with Gasteiger partial charge in [0.05, 0.1) is 11.6 Å². The van der Waals surface area contributed by atoms with Crippen molar-refractivity contribution in [1.29, 1.82) is 0 Å². The van der Waals surface area contributed by atoms with Gasteiger partial charge < -0.3 is 15.1 Å². The Labute approximate surface area is 90.6 Å². The maximum absolute atomic E-state index is 11.0. The minimum absolute atomic E-state index is 0.0613. The van der Waals surface area contributed by atoms with Crippen LogP contribution in [-0.4, -0.2) is 24.3 Å². The SMILES string of the molecule is CN(C=O)c1nc(C(N)=O)cc2occc12. The van der Waals surface area contributed by atoms with Crippen LogP contribution in [0.25, 0.3) is 11.0 Å². The molecule has 0 atom stereocenters. The molecule has 6 nitrogen and oxygen atoms in total. The molecule has 0 radical (unpaired) electrons. The van der Waals surface area contributed by atoms with Gasteiger partial charge in [-0.2, -0.15) is 0 Å². The summed E-state index contributed by atoms with van der Waals surface area (Å²) in [5, 5.41) is 0.652. The summed E-state index contributed by atoms with van der Waals surface area (Å²) in [6, 6.07) is 3.11. The normalized spacial score (nSPS) is 10.3. The molecule has 0 aliphatic rings. The molecule has 0 bridgehead atoms. The number of aromatic nitrogens is 1. The Morgan fingerprint density at radius 3 is 3.00 bits per heavy atom. The number of nitrogens with two attached hydrogens (primary N) is 1. The van der Waals surface area contributed by atoms with Crippen LogP contribution in [0.4, 0.5) is 5.82 Å². The summed E-state index contributed by atoms with van der Waals surface area (Å²) in [6.07, 6.45) is 2.05. The summed E-state index contributed by atoms with van der Waals surface area (Å²) in [5.74, 6) is -0.325. The molecule has 2 rings (SSSR count). The van der Waals surface area contributed by atoms with Crippen LogP contribution in [0.5, 0.6) is 0 Å². The average Bonchev–Trinajstić information content (AvgIpc) is 2.74. The zero-order valence-corrected chi connectivity index (χ0v) is 8.51. The summed E-state index contributed by atoms with van der Waals surface area (Å²) in [6.45, 7) is 0. The quantitative estimate of drug-likeness (QED) is 0.762. The van der Waals surface area contributed by atoms with Crippen LogP contribution in [0, 0.1) is 0 Å². The average molecular weight is 219 g/mol. The van der Waals surface area contributed by atoms with Crippen LogP contribution >= 0.6 is 0 Å². The van der Waals surface area contributed by atoms with E-state index >= 15 is 0 Å². The van der Waals surface area contributed by atoms with E-state index in [0.717, 1.165) is 0 Å². The van der Waals surface area contributed by atoms with Gasteiger partial charge in [-0.05, 0) is 6.07 Å². The van der Waals surface area contributed by atoms with Gasteiger partial charge in [-0.3, -0.25) is 9.59 Å². The van der Waals surface area contributed by atoms with E-state index in [-0.39, 0.29) is 5.69 Å². The number of anilines is 1. The van der Waals surface area contributed by atoms with Crippen LogP contribution in [-0.2, 0) is 4.79 Å². The van der Waals surface area contributed by atoms with Crippen molar-refractivity contribution in [3.63, 3.8) is 0 Å². The van der Waals surface area contributed by atoms with E-state index in [0.29, 0.717) is 23.2 Å². The molecule has 16 heavy (non-hydrogen) atoms. The Bertz CT molecular complexity index is 561. The summed E-state index contributed by atoms with van der Waals surface area (Å²) in [7, 11) is 1.53. The summed E-state index contributed by atoms with van der Waals surface area (Å²) < 4.78 is 5.15. The highest BCUT2D eigenvalue weighted by Gasteiger charge is 2.14. The van der Waals surface area contributed by atoms with Crippen LogP contribution in [0.15, 0.2) is 22.8 Å². The number of primary amides is 1. The Kier molecular flexibility index (Phi) is 2.32. The Hall–Kier alpha value is -2.37. The maximum atomic E-state index is 11.0. The number of nitrogens with zero attached hydrogens (tertiary/aromatic N) is 2. The van der Waals surface area contributed by atoms with Crippen molar-refractivity contribution in [2.75, 3.05) is 11.9 Å². The van der Waals surface area contributed by atoms with Gasteiger partial charge in [-0.15, -0.1) is 0 Å². The molecule has 0 saturated heterocycles. The van der Waals surface area contributed by atoms with Crippen molar-refractivity contribution in [3.05, 3.63) is 24.1 Å². The molecule has 2 heterocycles. The van der Waals surface area contributed by atoms with Crippen molar-refractivity contribution < 1.29 is 14.0 Å². The van der Waals surface area contributed by atoms with E-state index in [2.05, 4.69) is 4.98 Å². The highest BCUT2D eigenvalue weighted by molar-refractivity contribution is 5.99. The van der Waals surface area contributed by atoms with Gasteiger partial charge >= 0.3 is 0 Å². The smallest absolute Gasteiger partial charge is 0.267 e. The lowest BCUT2D eigenvalue weighted by Crippen LogP contribution is -2.19. The molecule has 2 N–H and O–H groups in total. The third-order valence-electron chi connectivity index (χ3n) is 2.17. The Morgan fingerprint density at radius 2 is 2.38 bits per heavy atom. The van der Waals surface area contributed by atoms with E-state index < -0.39 is 5.91 Å². The minimum atomic E-state index is -0.668. The van der Waals surface area contributed by atoms with Crippen LogP contribution < -0.4 is 10.6 Å². The van der Waals surface area contributed by atoms with Gasteiger partial charge in [0, 0.05) is 13.1 Å². The second-order valence-corrected chi connectivity index (χ2v) is 3.24. The summed E-state index contributed by atoms with van der Waals surface area (Å²) in [5.41, 5.74) is 5.66. The van der Waals surface area contributed by atoms with Crippen molar-refractivity contribution in [2.24, 2.45) is 5.73 Å². The number of furan rings is 1. The third-order valence-corrected chi connectivity index (χ3v) is 2.17. The predicted molar refractivity (Wildman–Crippen MR) is 57.0 cm³/mol. The first-order valence-corrected chi connectivity index (χ1v) is 4.49. The fraction of sp³-hybridized carbons (Fsp3) is 0.100. The zero-order valence-electron chi connectivity index (χ0n) is 8.51. The number of hydrogen-bond acceptors (Lipinski definition) is 4. The van der Waals surface area contributed by atoms with Crippen molar-refractivity contribution in [3.8, 4) is 0 Å². The number of amides is 2. The number of carbonyl (C=O) groups is 2. The lowest BCUT2D eigenvalue weighted by Gasteiger charge is -2.11. The minimum Gasteiger partial charge on any atom is -0.464 e. The molecule has 82 valence electrons. The molecule has 0 saturated carbocycles. The number of fused-ring (bicyclic) bond motifs is 1. The number of rotatable bonds is 3. The number of carbonyl (C=O) groups excluding carboxylic acids is 2. The fourth-order valence-corrected chi connectivity index (χ4v) is 1.39. The van der Waals surface area contributed by atoms with Gasteiger partial charge in [0.2, 0.25) is 6.41 Å². The first-order valence-electron chi connectivity index (χ1n) is 4.49. The summed E-state index contributed by atoms with van der Waals surface area (Å²) in [4.78, 5) is 27.0. The second-order valence-electron chi connectivity index (χ2n) is 3.24. The number of pyridine rings is 1. The van der Waals surface area contributed by atoms with E-state index in [1.165, 1.54) is 24.3 Å². The Balaban J connectivity index is 2.72. The van der Waals surface area contributed by atoms with E-state index in [4.69, 9.17) is 10.2 Å². The second kappa shape index (κ2) is 3.65. The van der Waals surface area contributed by atoms with Crippen molar-refractivity contribution in [2.45, 2.75) is 0 Å². The monoisotopic (exact) mass is 219 g/mol. The van der Waals surface area contributed by atoms with E-state index in [1.807, 2.05) is 0 Å². The van der Waals surface area contributed by atoms with Gasteiger partial charge in [0.15, 0.2) is 0 Å². The molecular formula is C10H9N3O3. The van der Waals surface area contributed by atoms with E-state index in [9.17, 15) is 9.59 Å².